The minimum atomic E-state index is -0.197. The van der Waals surface area contributed by atoms with Gasteiger partial charge >= 0.3 is 0 Å². The second-order valence-electron chi connectivity index (χ2n) is 5.09. The topological polar surface area (TPSA) is 12.0 Å². The van der Waals surface area contributed by atoms with E-state index in [1.165, 1.54) is 20.3 Å². The summed E-state index contributed by atoms with van der Waals surface area (Å²) in [5, 5.41) is 3.57. The van der Waals surface area contributed by atoms with Gasteiger partial charge in [-0.3, -0.25) is 0 Å². The molecule has 2 aromatic rings. The largest absolute Gasteiger partial charge is 0.309 e. The first kappa shape index (κ1) is 17.1. The average molecular weight is 435 g/mol. The van der Waals surface area contributed by atoms with Gasteiger partial charge in [0.25, 0.3) is 0 Å². The summed E-state index contributed by atoms with van der Waals surface area (Å²) in [6.45, 7) is 5.20. The number of aryl methyl sites for hydroxylation is 1. The summed E-state index contributed by atoms with van der Waals surface area (Å²) in [4.78, 5) is 1.29. The first-order valence-corrected chi connectivity index (χ1v) is 9.34. The fourth-order valence-corrected chi connectivity index (χ4v) is 4.37. The number of halogens is 3. The third-order valence-corrected chi connectivity index (χ3v) is 5.93. The molecule has 0 bridgehead atoms. The molecule has 1 heterocycles. The fourth-order valence-electron chi connectivity index (χ4n) is 2.21. The maximum absolute atomic E-state index is 13.5. The van der Waals surface area contributed by atoms with Crippen molar-refractivity contribution in [1.29, 1.82) is 0 Å². The second-order valence-corrected chi connectivity index (χ2v) is 8.41. The van der Waals surface area contributed by atoms with E-state index in [1.54, 1.807) is 17.4 Å². The van der Waals surface area contributed by atoms with Gasteiger partial charge in [-0.1, -0.05) is 22.9 Å². The van der Waals surface area contributed by atoms with Crippen LogP contribution in [0.2, 0.25) is 0 Å². The van der Waals surface area contributed by atoms with Crippen LogP contribution in [-0.2, 0) is 6.42 Å². The van der Waals surface area contributed by atoms with Crippen LogP contribution in [0.5, 0.6) is 0 Å². The Kier molecular flexibility index (Phi) is 6.41. The molecule has 0 fully saturated rings. The number of hydrogen-bond acceptors (Lipinski definition) is 2. The number of hydrogen-bond donors (Lipinski definition) is 1. The van der Waals surface area contributed by atoms with Gasteiger partial charge in [-0.2, -0.15) is 0 Å². The highest BCUT2D eigenvalue weighted by Crippen LogP contribution is 2.33. The molecule has 0 amide bonds. The molecule has 1 aromatic carbocycles. The Balaban J connectivity index is 2.23. The van der Waals surface area contributed by atoms with Crippen molar-refractivity contribution in [3.8, 4) is 0 Å². The molecule has 2 rings (SSSR count). The Morgan fingerprint density at radius 1 is 1.24 bits per heavy atom. The number of benzene rings is 1. The summed E-state index contributed by atoms with van der Waals surface area (Å²) in [6.07, 6.45) is 1.86. The number of rotatable bonds is 6. The monoisotopic (exact) mass is 433 g/mol. The van der Waals surface area contributed by atoms with E-state index >= 15 is 0 Å². The van der Waals surface area contributed by atoms with Crippen LogP contribution in [0.1, 0.15) is 35.4 Å². The van der Waals surface area contributed by atoms with Gasteiger partial charge in [0.1, 0.15) is 5.82 Å². The van der Waals surface area contributed by atoms with E-state index in [0.717, 1.165) is 29.4 Å². The van der Waals surface area contributed by atoms with Gasteiger partial charge in [0.05, 0.1) is 3.79 Å². The van der Waals surface area contributed by atoms with Gasteiger partial charge in [-0.05, 0) is 77.6 Å². The summed E-state index contributed by atoms with van der Waals surface area (Å²) in [6, 6.07) is 7.51. The lowest BCUT2D eigenvalue weighted by atomic mass is 10.0. The molecule has 1 aromatic heterocycles. The second kappa shape index (κ2) is 7.86. The molecule has 1 unspecified atom stereocenters. The Morgan fingerprint density at radius 3 is 2.57 bits per heavy atom. The Labute approximate surface area is 146 Å². The van der Waals surface area contributed by atoms with Crippen LogP contribution >= 0.6 is 43.2 Å². The van der Waals surface area contributed by atoms with E-state index in [9.17, 15) is 4.39 Å². The van der Waals surface area contributed by atoms with Crippen molar-refractivity contribution in [2.75, 3.05) is 6.54 Å². The third-order valence-electron chi connectivity index (χ3n) is 3.22. The van der Waals surface area contributed by atoms with Crippen molar-refractivity contribution in [2.45, 2.75) is 32.7 Å². The van der Waals surface area contributed by atoms with Gasteiger partial charge in [-0.15, -0.1) is 11.3 Å². The lowest BCUT2D eigenvalue weighted by Gasteiger charge is -2.17. The molecular weight excluding hydrogens is 417 g/mol. The molecule has 0 aliphatic carbocycles. The number of nitrogens with one attached hydrogen (secondary N) is 1. The van der Waals surface area contributed by atoms with Crippen LogP contribution in [0.4, 0.5) is 4.39 Å². The SMILES string of the molecule is CCCNC(Cc1cc(F)cc(Br)c1)c1cc(C)c(Br)s1. The molecule has 0 saturated heterocycles. The standard InChI is InChI=1S/C16H18Br2FNS/c1-3-4-20-14(15-5-10(2)16(18)21-15)8-11-6-12(17)9-13(19)7-11/h5-7,9,14,20H,3-4,8H2,1-2H3. The Bertz CT molecular complexity index is 573. The third kappa shape index (κ3) is 4.88. The quantitative estimate of drug-likeness (QED) is 0.587. The van der Waals surface area contributed by atoms with Crippen LogP contribution in [-0.4, -0.2) is 6.54 Å². The first-order valence-electron chi connectivity index (χ1n) is 6.93. The first-order chi connectivity index (χ1) is 9.99. The zero-order chi connectivity index (χ0) is 15.4. The predicted molar refractivity (Wildman–Crippen MR) is 95.6 cm³/mol. The minimum Gasteiger partial charge on any atom is -0.309 e. The molecule has 0 aliphatic rings. The molecule has 5 heteroatoms. The van der Waals surface area contributed by atoms with Gasteiger partial charge in [0.2, 0.25) is 0 Å². The van der Waals surface area contributed by atoms with Crippen molar-refractivity contribution >= 4 is 43.2 Å². The Hall–Kier alpha value is -0.230. The van der Waals surface area contributed by atoms with E-state index in [1.807, 2.05) is 6.07 Å². The highest BCUT2D eigenvalue weighted by Gasteiger charge is 2.16. The molecule has 0 aliphatic heterocycles. The van der Waals surface area contributed by atoms with Gasteiger partial charge in [-0.25, -0.2) is 4.39 Å². The molecule has 0 saturated carbocycles. The lowest BCUT2D eigenvalue weighted by molar-refractivity contribution is 0.534. The van der Waals surface area contributed by atoms with Gasteiger partial charge in [0.15, 0.2) is 0 Å². The van der Waals surface area contributed by atoms with Crippen LogP contribution in [0.3, 0.4) is 0 Å². The summed E-state index contributed by atoms with van der Waals surface area (Å²) >= 11 is 8.70. The molecule has 1 N–H and O–H groups in total. The summed E-state index contributed by atoms with van der Waals surface area (Å²) < 4.78 is 15.5. The van der Waals surface area contributed by atoms with E-state index < -0.39 is 0 Å². The van der Waals surface area contributed by atoms with Crippen molar-refractivity contribution < 1.29 is 4.39 Å². The molecular formula is C16H18Br2FNS. The van der Waals surface area contributed by atoms with E-state index in [0.29, 0.717) is 0 Å². The van der Waals surface area contributed by atoms with Crippen LogP contribution in [0.25, 0.3) is 0 Å². The predicted octanol–water partition coefficient (Wildman–Crippen LogP) is 6.00. The highest BCUT2D eigenvalue weighted by molar-refractivity contribution is 9.11. The smallest absolute Gasteiger partial charge is 0.124 e. The number of thiophene rings is 1. The molecule has 1 atom stereocenters. The van der Waals surface area contributed by atoms with Crippen molar-refractivity contribution in [2.24, 2.45) is 0 Å². The molecule has 21 heavy (non-hydrogen) atoms. The van der Waals surface area contributed by atoms with Crippen molar-refractivity contribution in [3.63, 3.8) is 0 Å². The normalized spacial score (nSPS) is 12.6. The lowest BCUT2D eigenvalue weighted by Crippen LogP contribution is -2.23. The fraction of sp³-hybridized carbons (Fsp3) is 0.375. The van der Waals surface area contributed by atoms with E-state index in [4.69, 9.17) is 0 Å². The van der Waals surface area contributed by atoms with Crippen molar-refractivity contribution in [3.05, 3.63) is 54.3 Å². The maximum Gasteiger partial charge on any atom is 0.124 e. The van der Waals surface area contributed by atoms with Gasteiger partial charge in [0, 0.05) is 15.4 Å². The van der Waals surface area contributed by atoms with Crippen LogP contribution < -0.4 is 5.32 Å². The molecule has 114 valence electrons. The Morgan fingerprint density at radius 2 is 2.00 bits per heavy atom. The molecule has 1 nitrogen and oxygen atoms in total. The average Bonchev–Trinajstić information content (AvgIpc) is 2.73. The molecule has 0 radical (unpaired) electrons. The zero-order valence-corrected chi connectivity index (χ0v) is 16.0. The maximum atomic E-state index is 13.5. The van der Waals surface area contributed by atoms with Crippen LogP contribution in [0, 0.1) is 12.7 Å². The minimum absolute atomic E-state index is 0.197. The molecule has 0 spiro atoms. The summed E-state index contributed by atoms with van der Waals surface area (Å²) in [5.41, 5.74) is 2.25. The highest BCUT2D eigenvalue weighted by atomic mass is 79.9. The van der Waals surface area contributed by atoms with Gasteiger partial charge < -0.3 is 5.32 Å². The van der Waals surface area contributed by atoms with E-state index in [2.05, 4.69) is 57.1 Å². The summed E-state index contributed by atoms with van der Waals surface area (Å²) in [7, 11) is 0. The van der Waals surface area contributed by atoms with E-state index in [-0.39, 0.29) is 11.9 Å². The van der Waals surface area contributed by atoms with Crippen molar-refractivity contribution in [1.82, 2.24) is 5.32 Å². The summed E-state index contributed by atoms with van der Waals surface area (Å²) in [5.74, 6) is -0.197. The van der Waals surface area contributed by atoms with Crippen LogP contribution in [0.15, 0.2) is 32.5 Å². The zero-order valence-electron chi connectivity index (χ0n) is 12.1.